The predicted molar refractivity (Wildman–Crippen MR) is 114 cm³/mol. The van der Waals surface area contributed by atoms with Crippen LogP contribution in [-0.2, 0) is 17.6 Å². The highest BCUT2D eigenvalue weighted by Gasteiger charge is 2.33. The summed E-state index contributed by atoms with van der Waals surface area (Å²) >= 11 is 0. The number of carbonyl (C=O) groups excluding carboxylic acids is 1. The first-order valence-electron chi connectivity index (χ1n) is 10.6. The van der Waals surface area contributed by atoms with E-state index in [4.69, 9.17) is 19.8 Å². The number of aliphatic hydroxyl groups excluding tert-OH is 1. The van der Waals surface area contributed by atoms with E-state index in [-0.39, 0.29) is 31.2 Å². The number of likely N-dealkylation sites (N-methyl/N-ethyl adjacent to an activating group) is 1. The van der Waals surface area contributed by atoms with Gasteiger partial charge in [0.2, 0.25) is 5.91 Å². The Labute approximate surface area is 176 Å². The van der Waals surface area contributed by atoms with Gasteiger partial charge in [-0.15, -0.1) is 0 Å². The molecule has 1 fully saturated rings. The molecule has 4 rings (SSSR count). The van der Waals surface area contributed by atoms with Crippen molar-refractivity contribution >= 4 is 11.7 Å². The van der Waals surface area contributed by atoms with Gasteiger partial charge in [-0.2, -0.15) is 0 Å². The molecular formula is C22H29N5O3. The van der Waals surface area contributed by atoms with Crippen LogP contribution >= 0.6 is 0 Å². The van der Waals surface area contributed by atoms with Crippen LogP contribution in [0, 0.1) is 0 Å². The summed E-state index contributed by atoms with van der Waals surface area (Å²) in [6.07, 6.45) is 7.74. The van der Waals surface area contributed by atoms with Gasteiger partial charge in [0.05, 0.1) is 13.2 Å². The Hall–Kier alpha value is -2.74. The van der Waals surface area contributed by atoms with Gasteiger partial charge in [0.15, 0.2) is 5.82 Å². The molecule has 30 heavy (non-hydrogen) atoms. The summed E-state index contributed by atoms with van der Waals surface area (Å²) < 4.78 is 5.49. The molecule has 0 aliphatic heterocycles. The van der Waals surface area contributed by atoms with Gasteiger partial charge in [-0.05, 0) is 51.5 Å². The van der Waals surface area contributed by atoms with E-state index in [1.807, 2.05) is 11.9 Å². The fraction of sp³-hybridized carbons (Fsp3) is 0.545. The summed E-state index contributed by atoms with van der Waals surface area (Å²) in [5, 5.41) is 12.1. The maximum Gasteiger partial charge on any atom is 0.239 e. The molecule has 1 saturated carbocycles. The largest absolute Gasteiger partial charge is 0.491 e. The zero-order valence-corrected chi connectivity index (χ0v) is 17.6. The number of ether oxygens (including phenoxy) is 1. The fourth-order valence-electron chi connectivity index (χ4n) is 4.13. The van der Waals surface area contributed by atoms with Crippen molar-refractivity contribution in [3.8, 4) is 17.3 Å². The molecule has 2 aromatic rings. The molecule has 0 aromatic carbocycles. The zero-order valence-electron chi connectivity index (χ0n) is 17.6. The molecule has 0 unspecified atom stereocenters. The molecule has 0 bridgehead atoms. The summed E-state index contributed by atoms with van der Waals surface area (Å²) in [5.41, 5.74) is 2.70. The number of pyridine rings is 1. The van der Waals surface area contributed by atoms with Crippen molar-refractivity contribution in [1.82, 2.24) is 20.3 Å². The third kappa shape index (κ3) is 4.38. The number of carbonyl (C=O) groups is 1. The molecule has 2 heterocycles. The third-order valence-electron chi connectivity index (χ3n) is 5.87. The first-order chi connectivity index (χ1) is 14.5. The van der Waals surface area contributed by atoms with Crippen LogP contribution in [0.25, 0.3) is 11.5 Å². The van der Waals surface area contributed by atoms with Crippen LogP contribution in [0.5, 0.6) is 5.75 Å². The van der Waals surface area contributed by atoms with Gasteiger partial charge in [-0.25, -0.2) is 9.97 Å². The average molecular weight is 412 g/mol. The van der Waals surface area contributed by atoms with E-state index in [0.29, 0.717) is 17.3 Å². The average Bonchev–Trinajstić information content (AvgIpc) is 3.19. The van der Waals surface area contributed by atoms with E-state index >= 15 is 0 Å². The summed E-state index contributed by atoms with van der Waals surface area (Å²) in [6.45, 7) is 2.53. The second-order valence-electron chi connectivity index (χ2n) is 8.42. The van der Waals surface area contributed by atoms with Gasteiger partial charge in [0.25, 0.3) is 0 Å². The molecule has 0 spiro atoms. The number of fused-ring (bicyclic) bond motifs is 1. The minimum Gasteiger partial charge on any atom is -0.491 e. The lowest BCUT2D eigenvalue weighted by Crippen LogP contribution is -2.53. The number of amides is 1. The van der Waals surface area contributed by atoms with Crippen molar-refractivity contribution in [1.29, 1.82) is 0 Å². The Morgan fingerprint density at radius 1 is 1.30 bits per heavy atom. The van der Waals surface area contributed by atoms with Crippen LogP contribution in [0.3, 0.4) is 0 Å². The van der Waals surface area contributed by atoms with Crippen molar-refractivity contribution in [3.05, 3.63) is 29.6 Å². The van der Waals surface area contributed by atoms with E-state index in [1.54, 1.807) is 18.3 Å². The van der Waals surface area contributed by atoms with E-state index in [2.05, 4.69) is 17.2 Å². The second kappa shape index (κ2) is 8.55. The third-order valence-corrected chi connectivity index (χ3v) is 5.87. The number of hydrogen-bond donors (Lipinski definition) is 2. The molecule has 0 radical (unpaired) electrons. The highest BCUT2D eigenvalue weighted by molar-refractivity contribution is 5.82. The van der Waals surface area contributed by atoms with Crippen LogP contribution in [0.15, 0.2) is 18.3 Å². The van der Waals surface area contributed by atoms with Gasteiger partial charge in [0.1, 0.15) is 23.9 Å². The molecule has 2 aromatic heterocycles. The maximum absolute atomic E-state index is 12.6. The van der Waals surface area contributed by atoms with E-state index in [9.17, 15) is 4.79 Å². The summed E-state index contributed by atoms with van der Waals surface area (Å²) in [5.74, 6) is 1.95. The Balaban J connectivity index is 1.57. The Morgan fingerprint density at radius 2 is 2.13 bits per heavy atom. The quantitative estimate of drug-likeness (QED) is 0.684. The van der Waals surface area contributed by atoms with Gasteiger partial charge >= 0.3 is 0 Å². The lowest BCUT2D eigenvalue weighted by Gasteiger charge is -2.39. The zero-order chi connectivity index (χ0) is 21.1. The predicted octanol–water partition coefficient (Wildman–Crippen LogP) is 1.89. The molecule has 2 N–H and O–H groups in total. The van der Waals surface area contributed by atoms with Crippen LogP contribution in [-0.4, -0.2) is 58.3 Å². The van der Waals surface area contributed by atoms with E-state index in [1.165, 1.54) is 6.42 Å². The SMILES string of the molecule is CN(CC(=O)NC1(C)CCC1)c1nc(-c2cc(OCCO)ccn2)nc2c1CCC2. The van der Waals surface area contributed by atoms with Crippen molar-refractivity contribution in [3.63, 3.8) is 0 Å². The Bertz CT molecular complexity index is 929. The highest BCUT2D eigenvalue weighted by atomic mass is 16.5. The summed E-state index contributed by atoms with van der Waals surface area (Å²) in [7, 11) is 1.90. The lowest BCUT2D eigenvalue weighted by atomic mass is 9.78. The molecule has 0 saturated heterocycles. The van der Waals surface area contributed by atoms with Crippen molar-refractivity contribution in [2.24, 2.45) is 0 Å². The first kappa shape index (κ1) is 20.5. The Kier molecular flexibility index (Phi) is 5.85. The Morgan fingerprint density at radius 3 is 2.87 bits per heavy atom. The molecule has 2 aliphatic rings. The van der Waals surface area contributed by atoms with Crippen LogP contribution in [0.1, 0.15) is 43.9 Å². The summed E-state index contributed by atoms with van der Waals surface area (Å²) in [6, 6.07) is 3.52. The molecule has 0 atom stereocenters. The summed E-state index contributed by atoms with van der Waals surface area (Å²) in [4.78, 5) is 28.4. The number of aliphatic hydroxyl groups is 1. The molecular weight excluding hydrogens is 382 g/mol. The molecule has 2 aliphatic carbocycles. The van der Waals surface area contributed by atoms with Gasteiger partial charge in [-0.3, -0.25) is 9.78 Å². The number of nitrogens with one attached hydrogen (secondary N) is 1. The molecule has 160 valence electrons. The number of anilines is 1. The monoisotopic (exact) mass is 411 g/mol. The minimum atomic E-state index is -0.0599. The van der Waals surface area contributed by atoms with Crippen LogP contribution in [0.4, 0.5) is 5.82 Å². The molecule has 1 amide bonds. The number of aromatic nitrogens is 3. The van der Waals surface area contributed by atoms with Crippen molar-refractivity contribution in [2.45, 2.75) is 51.0 Å². The maximum atomic E-state index is 12.6. The highest BCUT2D eigenvalue weighted by Crippen LogP contribution is 2.32. The topological polar surface area (TPSA) is 100 Å². The van der Waals surface area contributed by atoms with Gasteiger partial charge in [0, 0.05) is 36.1 Å². The molecule has 8 heteroatoms. The van der Waals surface area contributed by atoms with E-state index < -0.39 is 0 Å². The van der Waals surface area contributed by atoms with Crippen molar-refractivity contribution in [2.75, 3.05) is 31.7 Å². The lowest BCUT2D eigenvalue weighted by molar-refractivity contribution is -0.122. The minimum absolute atomic E-state index is 0.0177. The number of hydrogen-bond acceptors (Lipinski definition) is 7. The second-order valence-corrected chi connectivity index (χ2v) is 8.42. The van der Waals surface area contributed by atoms with Crippen LogP contribution in [0.2, 0.25) is 0 Å². The first-order valence-corrected chi connectivity index (χ1v) is 10.6. The fourth-order valence-corrected chi connectivity index (χ4v) is 4.13. The van der Waals surface area contributed by atoms with Gasteiger partial charge < -0.3 is 20.1 Å². The standard InChI is InChI=1S/C22H29N5O3/c1-22(8-4-9-22)26-19(29)14-27(2)21-16-5-3-6-17(16)24-20(25-21)18-13-15(7-10-23-18)30-12-11-28/h7,10,13,28H,3-6,8-9,11-12,14H2,1-2H3,(H,26,29). The van der Waals surface area contributed by atoms with Gasteiger partial charge in [-0.1, -0.05) is 0 Å². The number of rotatable bonds is 8. The van der Waals surface area contributed by atoms with Crippen LogP contribution < -0.4 is 15.0 Å². The normalized spacial score (nSPS) is 16.5. The van der Waals surface area contributed by atoms with E-state index in [0.717, 1.165) is 49.2 Å². The number of nitrogens with zero attached hydrogens (tertiary/aromatic N) is 4. The smallest absolute Gasteiger partial charge is 0.239 e. The number of aryl methyl sites for hydroxylation is 1. The molecule has 8 nitrogen and oxygen atoms in total. The van der Waals surface area contributed by atoms with Crippen molar-refractivity contribution < 1.29 is 14.6 Å².